The van der Waals surface area contributed by atoms with Crippen LogP contribution < -0.4 is 0 Å². The van der Waals surface area contributed by atoms with E-state index in [1.807, 2.05) is 31.2 Å². The number of para-hydroxylation sites is 1. The van der Waals surface area contributed by atoms with E-state index in [2.05, 4.69) is 28.2 Å². The number of aryl methyl sites for hydroxylation is 1. The summed E-state index contributed by atoms with van der Waals surface area (Å²) in [4.78, 5) is 7.62. The second kappa shape index (κ2) is 4.79. The van der Waals surface area contributed by atoms with Gasteiger partial charge < -0.3 is 4.98 Å². The maximum Gasteiger partial charge on any atom is 0.120 e. The summed E-state index contributed by atoms with van der Waals surface area (Å²) in [5.41, 5.74) is 2.69. The van der Waals surface area contributed by atoms with Crippen LogP contribution >= 0.6 is 11.8 Å². The highest BCUT2D eigenvalue weighted by Crippen LogP contribution is 2.31. The molecule has 3 nitrogen and oxygen atoms in total. The molecule has 0 saturated heterocycles. The van der Waals surface area contributed by atoms with Crippen molar-refractivity contribution in [3.05, 3.63) is 53.7 Å². The third-order valence-corrected chi connectivity index (χ3v) is 3.89. The van der Waals surface area contributed by atoms with Crippen LogP contribution in [0.25, 0.3) is 10.9 Å². The largest absolute Gasteiger partial charge is 0.349 e. The average Bonchev–Trinajstić information content (AvgIpc) is 2.81. The first-order chi connectivity index (χ1) is 9.28. The number of rotatable bonds is 2. The molecule has 0 saturated carbocycles. The van der Waals surface area contributed by atoms with Gasteiger partial charge in [0.25, 0.3) is 0 Å². The number of nitriles is 1. The number of nitrogens with one attached hydrogen (secondary N) is 1. The number of aromatic nitrogens is 2. The van der Waals surface area contributed by atoms with Gasteiger partial charge >= 0.3 is 0 Å². The highest BCUT2D eigenvalue weighted by atomic mass is 32.2. The first-order valence-electron chi connectivity index (χ1n) is 5.89. The van der Waals surface area contributed by atoms with Gasteiger partial charge in [-0.25, -0.2) is 4.98 Å². The van der Waals surface area contributed by atoms with E-state index in [-0.39, 0.29) is 0 Å². The monoisotopic (exact) mass is 265 g/mol. The van der Waals surface area contributed by atoms with Gasteiger partial charge in [-0.05, 0) is 30.7 Å². The molecule has 0 unspecified atom stereocenters. The molecule has 1 N–H and O–H groups in total. The lowest BCUT2D eigenvalue weighted by atomic mass is 10.2. The highest BCUT2D eigenvalue weighted by Gasteiger charge is 2.09. The van der Waals surface area contributed by atoms with E-state index >= 15 is 0 Å². The predicted molar refractivity (Wildman–Crippen MR) is 76.1 cm³/mol. The Hall–Kier alpha value is -2.25. The fourth-order valence-electron chi connectivity index (χ4n) is 1.95. The summed E-state index contributed by atoms with van der Waals surface area (Å²) in [6.07, 6.45) is 1.74. The Morgan fingerprint density at radius 3 is 2.89 bits per heavy atom. The summed E-state index contributed by atoms with van der Waals surface area (Å²) in [6, 6.07) is 14.3. The molecule has 0 aliphatic heterocycles. The molecular weight excluding hydrogens is 254 g/mol. The lowest BCUT2D eigenvalue weighted by Gasteiger charge is -2.02. The van der Waals surface area contributed by atoms with Gasteiger partial charge in [-0.2, -0.15) is 5.26 Å². The van der Waals surface area contributed by atoms with Crippen LogP contribution in [0.1, 0.15) is 11.1 Å². The summed E-state index contributed by atoms with van der Waals surface area (Å²) in [7, 11) is 0. The summed E-state index contributed by atoms with van der Waals surface area (Å²) < 4.78 is 0. The Bertz CT molecular complexity index is 750. The van der Waals surface area contributed by atoms with E-state index in [1.54, 1.807) is 6.20 Å². The first kappa shape index (κ1) is 11.8. The minimum Gasteiger partial charge on any atom is -0.349 e. The smallest absolute Gasteiger partial charge is 0.120 e. The normalized spacial score (nSPS) is 10.5. The van der Waals surface area contributed by atoms with Gasteiger partial charge in [0.2, 0.25) is 0 Å². The van der Waals surface area contributed by atoms with E-state index in [1.165, 1.54) is 11.8 Å². The fraction of sp³-hybridized carbons (Fsp3) is 0.0667. The minimum atomic E-state index is 0.645. The molecule has 0 atom stereocenters. The molecule has 2 aromatic heterocycles. The maximum atomic E-state index is 9.20. The van der Waals surface area contributed by atoms with Gasteiger partial charge in [0, 0.05) is 17.1 Å². The van der Waals surface area contributed by atoms with Crippen LogP contribution in [-0.2, 0) is 0 Å². The summed E-state index contributed by atoms with van der Waals surface area (Å²) in [5, 5.41) is 12.1. The van der Waals surface area contributed by atoms with Crippen LogP contribution in [0.4, 0.5) is 0 Å². The molecule has 0 radical (unpaired) electrons. The maximum absolute atomic E-state index is 9.20. The van der Waals surface area contributed by atoms with Crippen molar-refractivity contribution in [2.75, 3.05) is 0 Å². The van der Waals surface area contributed by atoms with Crippen LogP contribution in [0.15, 0.2) is 52.6 Å². The van der Waals surface area contributed by atoms with Crippen molar-refractivity contribution in [1.82, 2.24) is 9.97 Å². The van der Waals surface area contributed by atoms with Gasteiger partial charge in [0.15, 0.2) is 0 Å². The summed E-state index contributed by atoms with van der Waals surface area (Å²) in [5.74, 6) is 0. The zero-order valence-electron chi connectivity index (χ0n) is 10.3. The Morgan fingerprint density at radius 1 is 1.26 bits per heavy atom. The predicted octanol–water partition coefficient (Wildman–Crippen LogP) is 3.89. The number of H-pyrrole nitrogens is 1. The van der Waals surface area contributed by atoms with Crippen LogP contribution in [0.3, 0.4) is 0 Å². The molecule has 3 rings (SSSR count). The zero-order valence-corrected chi connectivity index (χ0v) is 11.2. The number of nitrogens with zero attached hydrogens (tertiary/aromatic N) is 2. The van der Waals surface area contributed by atoms with Crippen molar-refractivity contribution < 1.29 is 0 Å². The third-order valence-electron chi connectivity index (χ3n) is 2.95. The van der Waals surface area contributed by atoms with Crippen molar-refractivity contribution >= 4 is 22.7 Å². The molecule has 0 spiro atoms. The molecule has 3 aromatic rings. The average molecular weight is 265 g/mol. The molecule has 0 fully saturated rings. The summed E-state index contributed by atoms with van der Waals surface area (Å²) >= 11 is 1.49. The topological polar surface area (TPSA) is 52.5 Å². The van der Waals surface area contributed by atoms with Crippen LogP contribution in [0, 0.1) is 18.3 Å². The zero-order chi connectivity index (χ0) is 13.2. The van der Waals surface area contributed by atoms with Gasteiger partial charge in [-0.15, -0.1) is 0 Å². The van der Waals surface area contributed by atoms with Crippen molar-refractivity contribution in [2.45, 2.75) is 17.0 Å². The molecule has 0 amide bonds. The molecule has 0 aliphatic carbocycles. The van der Waals surface area contributed by atoms with Gasteiger partial charge in [0.1, 0.15) is 11.1 Å². The Balaban J connectivity index is 2.02. The van der Waals surface area contributed by atoms with Crippen LogP contribution in [0.5, 0.6) is 0 Å². The Kier molecular flexibility index (Phi) is 2.98. The number of fused-ring (bicyclic) bond motifs is 1. The van der Waals surface area contributed by atoms with Gasteiger partial charge in [-0.1, -0.05) is 30.0 Å². The summed E-state index contributed by atoms with van der Waals surface area (Å²) in [6.45, 7) is 1.93. The van der Waals surface area contributed by atoms with Crippen molar-refractivity contribution in [3.63, 3.8) is 0 Å². The van der Waals surface area contributed by atoms with Crippen LogP contribution in [0.2, 0.25) is 0 Å². The molecule has 0 bridgehead atoms. The first-order valence-corrected chi connectivity index (χ1v) is 6.71. The van der Waals surface area contributed by atoms with Crippen molar-refractivity contribution in [2.24, 2.45) is 0 Å². The fourth-order valence-corrected chi connectivity index (χ4v) is 2.93. The third kappa shape index (κ3) is 2.20. The Labute approximate surface area is 115 Å². The Morgan fingerprint density at radius 2 is 2.11 bits per heavy atom. The van der Waals surface area contributed by atoms with Gasteiger partial charge in [0.05, 0.1) is 10.6 Å². The van der Waals surface area contributed by atoms with Crippen LogP contribution in [-0.4, -0.2) is 9.97 Å². The lowest BCUT2D eigenvalue weighted by Crippen LogP contribution is -1.89. The molecule has 4 heteroatoms. The number of benzene rings is 1. The molecule has 0 aliphatic rings. The number of hydrogen-bond donors (Lipinski definition) is 1. The molecule has 92 valence electrons. The van der Waals surface area contributed by atoms with E-state index in [0.717, 1.165) is 26.5 Å². The van der Waals surface area contributed by atoms with E-state index in [0.29, 0.717) is 5.56 Å². The molecule has 1 aromatic carbocycles. The number of pyridine rings is 1. The quantitative estimate of drug-likeness (QED) is 0.764. The van der Waals surface area contributed by atoms with Gasteiger partial charge in [-0.3, -0.25) is 0 Å². The molecule has 19 heavy (non-hydrogen) atoms. The van der Waals surface area contributed by atoms with Crippen molar-refractivity contribution in [1.29, 1.82) is 5.26 Å². The second-order valence-electron chi connectivity index (χ2n) is 4.24. The molecular formula is C15H11N3S. The number of hydrogen-bond acceptors (Lipinski definition) is 3. The van der Waals surface area contributed by atoms with Crippen molar-refractivity contribution in [3.8, 4) is 6.07 Å². The highest BCUT2D eigenvalue weighted by molar-refractivity contribution is 7.99. The number of aromatic amines is 1. The standard InChI is InChI=1S/C15H11N3S/c1-10-6-7-17-15(12(10)9-16)19-14-8-11-4-2-3-5-13(11)18-14/h2-8,18H,1H3. The van der Waals surface area contributed by atoms with E-state index in [9.17, 15) is 5.26 Å². The van der Waals surface area contributed by atoms with E-state index < -0.39 is 0 Å². The SMILES string of the molecule is Cc1ccnc(Sc2cc3ccccc3[nH]2)c1C#N. The lowest BCUT2D eigenvalue weighted by molar-refractivity contribution is 1.08. The second-order valence-corrected chi connectivity index (χ2v) is 5.27. The van der Waals surface area contributed by atoms with E-state index in [4.69, 9.17) is 0 Å². The molecule has 2 heterocycles. The minimum absolute atomic E-state index is 0.645.